The summed E-state index contributed by atoms with van der Waals surface area (Å²) in [6, 6.07) is 7.34. The van der Waals surface area contributed by atoms with Gasteiger partial charge in [0.15, 0.2) is 5.82 Å². The molecule has 1 heterocycles. The molecule has 2 aromatic rings. The molecule has 5 heteroatoms. The summed E-state index contributed by atoms with van der Waals surface area (Å²) in [4.78, 5) is 12.6. The van der Waals surface area contributed by atoms with E-state index < -0.39 is 0 Å². The van der Waals surface area contributed by atoms with E-state index >= 15 is 0 Å². The monoisotopic (exact) mass is 248 g/mol. The Morgan fingerprint density at radius 3 is 2.47 bits per heavy atom. The standard InChI is InChI=1S/C12H13ClN4/c1-2-3-10-15-11(17-12(14)16-10)8-4-6-9(13)7-5-8/h4-7H,2-3H2,1H3,(H2,14,15,16,17). The predicted octanol–water partition coefficient (Wildman–Crippen LogP) is 2.73. The molecular formula is C12H13ClN4. The third kappa shape index (κ3) is 2.91. The molecule has 0 radical (unpaired) electrons. The van der Waals surface area contributed by atoms with Crippen LogP contribution in [0.2, 0.25) is 5.02 Å². The van der Waals surface area contributed by atoms with E-state index in [2.05, 4.69) is 21.9 Å². The van der Waals surface area contributed by atoms with Gasteiger partial charge in [-0.2, -0.15) is 9.97 Å². The first-order chi connectivity index (χ1) is 8.19. The van der Waals surface area contributed by atoms with E-state index in [0.29, 0.717) is 10.8 Å². The van der Waals surface area contributed by atoms with Gasteiger partial charge in [0.25, 0.3) is 0 Å². The number of nitrogens with zero attached hydrogens (tertiary/aromatic N) is 3. The summed E-state index contributed by atoms with van der Waals surface area (Å²) >= 11 is 5.83. The summed E-state index contributed by atoms with van der Waals surface area (Å²) < 4.78 is 0. The molecule has 4 nitrogen and oxygen atoms in total. The second-order valence-corrected chi connectivity index (χ2v) is 4.13. The van der Waals surface area contributed by atoms with Crippen LogP contribution in [-0.2, 0) is 6.42 Å². The first-order valence-corrected chi connectivity index (χ1v) is 5.83. The van der Waals surface area contributed by atoms with Gasteiger partial charge in [0.1, 0.15) is 5.82 Å². The lowest BCUT2D eigenvalue weighted by molar-refractivity contribution is 0.825. The van der Waals surface area contributed by atoms with Crippen LogP contribution in [0.15, 0.2) is 24.3 Å². The maximum Gasteiger partial charge on any atom is 0.223 e. The highest BCUT2D eigenvalue weighted by Gasteiger charge is 2.06. The van der Waals surface area contributed by atoms with Crippen molar-refractivity contribution in [1.29, 1.82) is 0 Å². The van der Waals surface area contributed by atoms with Gasteiger partial charge in [0, 0.05) is 17.0 Å². The number of hydrogen-bond donors (Lipinski definition) is 1. The van der Waals surface area contributed by atoms with Crippen LogP contribution in [0.4, 0.5) is 5.95 Å². The van der Waals surface area contributed by atoms with E-state index in [1.165, 1.54) is 0 Å². The zero-order valence-electron chi connectivity index (χ0n) is 9.52. The van der Waals surface area contributed by atoms with Crippen LogP contribution in [0.3, 0.4) is 0 Å². The van der Waals surface area contributed by atoms with Gasteiger partial charge in [-0.05, 0) is 30.7 Å². The van der Waals surface area contributed by atoms with Crippen LogP contribution >= 0.6 is 11.6 Å². The molecule has 0 spiro atoms. The largest absolute Gasteiger partial charge is 0.368 e. The Labute approximate surface area is 105 Å². The first-order valence-electron chi connectivity index (χ1n) is 5.45. The molecule has 0 aliphatic rings. The normalized spacial score (nSPS) is 10.5. The average Bonchev–Trinajstić information content (AvgIpc) is 2.29. The van der Waals surface area contributed by atoms with Gasteiger partial charge in [-0.1, -0.05) is 18.5 Å². The second-order valence-electron chi connectivity index (χ2n) is 3.69. The highest BCUT2D eigenvalue weighted by Crippen LogP contribution is 2.18. The van der Waals surface area contributed by atoms with Gasteiger partial charge >= 0.3 is 0 Å². The molecule has 0 unspecified atom stereocenters. The van der Waals surface area contributed by atoms with Gasteiger partial charge in [0.05, 0.1) is 0 Å². The number of hydrogen-bond acceptors (Lipinski definition) is 4. The molecule has 88 valence electrons. The summed E-state index contributed by atoms with van der Waals surface area (Å²) in [6.07, 6.45) is 1.77. The minimum atomic E-state index is 0.258. The molecular weight excluding hydrogens is 236 g/mol. The molecule has 0 bridgehead atoms. The minimum Gasteiger partial charge on any atom is -0.368 e. The Morgan fingerprint density at radius 2 is 1.82 bits per heavy atom. The maximum atomic E-state index is 5.83. The van der Waals surface area contributed by atoms with Crippen LogP contribution in [-0.4, -0.2) is 15.0 Å². The number of anilines is 1. The van der Waals surface area contributed by atoms with Crippen molar-refractivity contribution in [2.75, 3.05) is 5.73 Å². The Kier molecular flexibility index (Phi) is 3.54. The fourth-order valence-electron chi connectivity index (χ4n) is 1.50. The van der Waals surface area contributed by atoms with E-state index in [1.54, 1.807) is 12.1 Å². The van der Waals surface area contributed by atoms with Crippen LogP contribution in [0.5, 0.6) is 0 Å². The van der Waals surface area contributed by atoms with Gasteiger partial charge in [-0.25, -0.2) is 4.98 Å². The Balaban J connectivity index is 2.40. The number of nitrogen functional groups attached to an aromatic ring is 1. The first kappa shape index (κ1) is 11.8. The zero-order chi connectivity index (χ0) is 12.3. The lowest BCUT2D eigenvalue weighted by atomic mass is 10.2. The molecule has 0 saturated heterocycles. The highest BCUT2D eigenvalue weighted by atomic mass is 35.5. The molecule has 0 aliphatic carbocycles. The Morgan fingerprint density at radius 1 is 1.12 bits per heavy atom. The van der Waals surface area contributed by atoms with Gasteiger partial charge in [0.2, 0.25) is 5.95 Å². The van der Waals surface area contributed by atoms with E-state index in [-0.39, 0.29) is 5.95 Å². The summed E-state index contributed by atoms with van der Waals surface area (Å²) in [6.45, 7) is 2.07. The van der Waals surface area contributed by atoms with E-state index in [4.69, 9.17) is 17.3 Å². The Hall–Kier alpha value is -1.68. The van der Waals surface area contributed by atoms with Gasteiger partial charge in [-0.15, -0.1) is 0 Å². The number of benzene rings is 1. The summed E-state index contributed by atoms with van der Waals surface area (Å²) in [5, 5.41) is 0.685. The van der Waals surface area contributed by atoms with Crippen molar-refractivity contribution in [3.05, 3.63) is 35.1 Å². The topological polar surface area (TPSA) is 64.7 Å². The van der Waals surface area contributed by atoms with Crippen LogP contribution in [0.1, 0.15) is 19.2 Å². The van der Waals surface area contributed by atoms with Crippen molar-refractivity contribution in [1.82, 2.24) is 15.0 Å². The molecule has 1 aromatic heterocycles. The smallest absolute Gasteiger partial charge is 0.223 e. The third-order valence-electron chi connectivity index (χ3n) is 2.28. The fraction of sp³-hybridized carbons (Fsp3) is 0.250. The predicted molar refractivity (Wildman–Crippen MR) is 68.7 cm³/mol. The van der Waals surface area contributed by atoms with Crippen molar-refractivity contribution in [3.63, 3.8) is 0 Å². The number of aromatic nitrogens is 3. The summed E-state index contributed by atoms with van der Waals surface area (Å²) in [5.41, 5.74) is 6.56. The van der Waals surface area contributed by atoms with E-state index in [0.717, 1.165) is 24.2 Å². The van der Waals surface area contributed by atoms with Crippen molar-refractivity contribution < 1.29 is 0 Å². The number of nitrogens with two attached hydrogens (primary N) is 1. The quantitative estimate of drug-likeness (QED) is 0.907. The summed E-state index contributed by atoms with van der Waals surface area (Å²) in [7, 11) is 0. The second kappa shape index (κ2) is 5.10. The fourth-order valence-corrected chi connectivity index (χ4v) is 1.63. The van der Waals surface area contributed by atoms with Crippen LogP contribution in [0, 0.1) is 0 Å². The van der Waals surface area contributed by atoms with Crippen LogP contribution in [0.25, 0.3) is 11.4 Å². The molecule has 1 aromatic carbocycles. The molecule has 17 heavy (non-hydrogen) atoms. The van der Waals surface area contributed by atoms with Crippen molar-refractivity contribution in [3.8, 4) is 11.4 Å². The van der Waals surface area contributed by atoms with E-state index in [1.807, 2.05) is 12.1 Å². The minimum absolute atomic E-state index is 0.258. The molecule has 0 saturated carbocycles. The lowest BCUT2D eigenvalue weighted by Crippen LogP contribution is -2.04. The highest BCUT2D eigenvalue weighted by molar-refractivity contribution is 6.30. The molecule has 0 atom stereocenters. The third-order valence-corrected chi connectivity index (χ3v) is 2.53. The van der Waals surface area contributed by atoms with E-state index in [9.17, 15) is 0 Å². The molecule has 0 amide bonds. The van der Waals surface area contributed by atoms with Crippen molar-refractivity contribution >= 4 is 17.5 Å². The number of rotatable bonds is 3. The molecule has 2 N–H and O–H groups in total. The number of aryl methyl sites for hydroxylation is 1. The zero-order valence-corrected chi connectivity index (χ0v) is 10.3. The lowest BCUT2D eigenvalue weighted by Gasteiger charge is -2.04. The summed E-state index contributed by atoms with van der Waals surface area (Å²) in [5.74, 6) is 1.58. The molecule has 2 rings (SSSR count). The van der Waals surface area contributed by atoms with Crippen molar-refractivity contribution in [2.45, 2.75) is 19.8 Å². The SMILES string of the molecule is CCCc1nc(N)nc(-c2ccc(Cl)cc2)n1. The molecule has 0 fully saturated rings. The van der Waals surface area contributed by atoms with Crippen LogP contribution < -0.4 is 5.73 Å². The number of halogens is 1. The van der Waals surface area contributed by atoms with Gasteiger partial charge < -0.3 is 5.73 Å². The average molecular weight is 249 g/mol. The Bertz CT molecular complexity index is 510. The molecule has 0 aliphatic heterocycles. The van der Waals surface area contributed by atoms with Gasteiger partial charge in [-0.3, -0.25) is 0 Å². The maximum absolute atomic E-state index is 5.83. The van der Waals surface area contributed by atoms with Crippen molar-refractivity contribution in [2.24, 2.45) is 0 Å².